The lowest BCUT2D eigenvalue weighted by molar-refractivity contribution is -0.129. The van der Waals surface area contributed by atoms with E-state index >= 15 is 0 Å². The third-order valence-electron chi connectivity index (χ3n) is 6.38. The Morgan fingerprint density at radius 2 is 1.78 bits per heavy atom. The minimum absolute atomic E-state index is 0.0295. The minimum atomic E-state index is -1.01. The van der Waals surface area contributed by atoms with E-state index < -0.39 is 23.9 Å². The van der Waals surface area contributed by atoms with Gasteiger partial charge in [-0.05, 0) is 61.6 Å². The molecular formula is C30H40N4O7. The maximum absolute atomic E-state index is 13.2. The molecule has 0 spiro atoms. The van der Waals surface area contributed by atoms with Crippen LogP contribution in [0.15, 0.2) is 48.5 Å². The van der Waals surface area contributed by atoms with Crippen molar-refractivity contribution >= 4 is 23.6 Å². The van der Waals surface area contributed by atoms with Crippen LogP contribution in [0.2, 0.25) is 0 Å². The van der Waals surface area contributed by atoms with E-state index in [0.717, 1.165) is 0 Å². The summed E-state index contributed by atoms with van der Waals surface area (Å²) >= 11 is 0. The number of carbonyl (C=O) groups is 4. The molecule has 41 heavy (non-hydrogen) atoms. The molecule has 1 aliphatic heterocycles. The Kier molecular flexibility index (Phi) is 12.3. The van der Waals surface area contributed by atoms with Gasteiger partial charge in [-0.25, -0.2) is 0 Å². The number of para-hydroxylation sites is 1. The topological polar surface area (TPSA) is 144 Å². The highest BCUT2D eigenvalue weighted by molar-refractivity contribution is 5.99. The summed E-state index contributed by atoms with van der Waals surface area (Å²) in [6.07, 6.45) is 0.937. The second-order valence-electron chi connectivity index (χ2n) is 10.1. The van der Waals surface area contributed by atoms with Crippen LogP contribution in [0, 0.1) is 5.92 Å². The second kappa shape index (κ2) is 16.1. The molecular weight excluding hydrogens is 528 g/mol. The summed E-state index contributed by atoms with van der Waals surface area (Å²) in [5, 5.41) is 11.2. The molecule has 3 rings (SSSR count). The molecule has 4 N–H and O–H groups in total. The molecule has 0 aliphatic carbocycles. The number of benzene rings is 2. The lowest BCUT2D eigenvalue weighted by atomic mass is 10.0. The van der Waals surface area contributed by atoms with E-state index in [1.165, 1.54) is 0 Å². The van der Waals surface area contributed by atoms with Crippen LogP contribution >= 0.6 is 0 Å². The molecule has 1 aliphatic rings. The molecule has 0 fully saturated rings. The molecule has 4 amide bonds. The number of rotatable bonds is 8. The van der Waals surface area contributed by atoms with Crippen LogP contribution in [0.1, 0.15) is 49.9 Å². The van der Waals surface area contributed by atoms with Crippen molar-refractivity contribution in [2.45, 2.75) is 51.6 Å². The van der Waals surface area contributed by atoms with Crippen LogP contribution < -0.4 is 35.5 Å². The Bertz CT molecular complexity index is 1170. The maximum atomic E-state index is 13.2. The van der Waals surface area contributed by atoms with Crippen LogP contribution in [0.4, 0.5) is 0 Å². The molecule has 1 unspecified atom stereocenters. The van der Waals surface area contributed by atoms with Crippen molar-refractivity contribution in [3.05, 3.63) is 54.1 Å². The molecule has 11 heteroatoms. The molecule has 0 aromatic heterocycles. The Balaban J connectivity index is 1.70. The zero-order valence-corrected chi connectivity index (χ0v) is 23.9. The third-order valence-corrected chi connectivity index (χ3v) is 6.38. The van der Waals surface area contributed by atoms with Gasteiger partial charge in [0.1, 0.15) is 35.9 Å². The van der Waals surface area contributed by atoms with E-state index in [-0.39, 0.29) is 55.9 Å². The fourth-order valence-corrected chi connectivity index (χ4v) is 4.26. The van der Waals surface area contributed by atoms with Gasteiger partial charge in [0.15, 0.2) is 0 Å². The summed E-state index contributed by atoms with van der Waals surface area (Å²) in [5.74, 6) is 0.268. The summed E-state index contributed by atoms with van der Waals surface area (Å²) in [6.45, 7) is 4.95. The van der Waals surface area contributed by atoms with Crippen LogP contribution in [0.3, 0.4) is 0 Å². The molecule has 0 bridgehead atoms. The van der Waals surface area contributed by atoms with E-state index in [1.54, 1.807) is 55.6 Å². The van der Waals surface area contributed by atoms with Crippen LogP contribution in [-0.4, -0.2) is 69.1 Å². The standard InChI is InChI=1S/C30H40N4O7/c1-20(2)19-25-30(38)31-15-6-17-41-26-8-5-4-7-23(26)28(36)34-24(13-14-27(35)33-25)29(37)32-16-18-40-22-11-9-21(39-3)10-12-22/h4-5,7-12,20,24-25H,6,13-19H2,1-3H3,(H,31,38)(H,32,37)(H,33,35)(H,34,36)/t24-,25?/m0/s1. The van der Waals surface area contributed by atoms with Crippen LogP contribution in [0.25, 0.3) is 0 Å². The zero-order valence-electron chi connectivity index (χ0n) is 23.9. The summed E-state index contributed by atoms with van der Waals surface area (Å²) in [7, 11) is 1.58. The lowest BCUT2D eigenvalue weighted by Crippen LogP contribution is -2.50. The lowest BCUT2D eigenvalue weighted by Gasteiger charge is -2.22. The highest BCUT2D eigenvalue weighted by Gasteiger charge is 2.26. The number of methoxy groups -OCH3 is 1. The number of hydrogen-bond donors (Lipinski definition) is 4. The van der Waals surface area contributed by atoms with E-state index in [4.69, 9.17) is 14.2 Å². The quantitative estimate of drug-likeness (QED) is 0.358. The Morgan fingerprint density at radius 3 is 2.51 bits per heavy atom. The molecule has 0 saturated heterocycles. The molecule has 0 radical (unpaired) electrons. The first-order valence-corrected chi connectivity index (χ1v) is 13.9. The maximum Gasteiger partial charge on any atom is 0.255 e. The third kappa shape index (κ3) is 10.3. The normalized spacial score (nSPS) is 18.7. The SMILES string of the molecule is COc1ccc(OCCNC(=O)[C@@H]2CCC(=O)NC(CC(C)C)C(=O)NCCCOc3ccccc3C(=O)N2)cc1. The highest BCUT2D eigenvalue weighted by atomic mass is 16.5. The van der Waals surface area contributed by atoms with Gasteiger partial charge in [0.2, 0.25) is 17.7 Å². The average Bonchev–Trinajstić information content (AvgIpc) is 2.96. The van der Waals surface area contributed by atoms with Gasteiger partial charge in [0.25, 0.3) is 5.91 Å². The summed E-state index contributed by atoms with van der Waals surface area (Å²) in [6, 6.07) is 12.1. The Hall–Kier alpha value is -4.28. The monoisotopic (exact) mass is 568 g/mol. The van der Waals surface area contributed by atoms with Crippen molar-refractivity contribution in [1.82, 2.24) is 21.3 Å². The van der Waals surface area contributed by atoms with E-state index in [9.17, 15) is 19.2 Å². The van der Waals surface area contributed by atoms with Gasteiger partial charge in [0, 0.05) is 13.0 Å². The van der Waals surface area contributed by atoms with Gasteiger partial charge in [0.05, 0.1) is 25.8 Å². The van der Waals surface area contributed by atoms with Gasteiger partial charge in [-0.15, -0.1) is 0 Å². The molecule has 0 saturated carbocycles. The summed E-state index contributed by atoms with van der Waals surface area (Å²) in [5.41, 5.74) is 0.269. The van der Waals surface area contributed by atoms with Crippen molar-refractivity contribution in [2.75, 3.05) is 33.4 Å². The van der Waals surface area contributed by atoms with Crippen molar-refractivity contribution in [3.8, 4) is 17.2 Å². The Labute approximate surface area is 240 Å². The van der Waals surface area contributed by atoms with Gasteiger partial charge in [-0.2, -0.15) is 0 Å². The van der Waals surface area contributed by atoms with Gasteiger partial charge >= 0.3 is 0 Å². The smallest absolute Gasteiger partial charge is 0.255 e. The summed E-state index contributed by atoms with van der Waals surface area (Å²) < 4.78 is 16.6. The first kappa shape index (κ1) is 31.3. The highest BCUT2D eigenvalue weighted by Crippen LogP contribution is 2.19. The molecule has 2 atom stereocenters. The average molecular weight is 569 g/mol. The predicted octanol–water partition coefficient (Wildman–Crippen LogP) is 2.20. The van der Waals surface area contributed by atoms with Crippen LogP contribution in [-0.2, 0) is 14.4 Å². The number of amides is 4. The molecule has 222 valence electrons. The fraction of sp³-hybridized carbons (Fsp3) is 0.467. The molecule has 11 nitrogen and oxygen atoms in total. The van der Waals surface area contributed by atoms with Gasteiger partial charge in [-0.3, -0.25) is 19.2 Å². The van der Waals surface area contributed by atoms with E-state index in [0.29, 0.717) is 36.6 Å². The van der Waals surface area contributed by atoms with Crippen molar-refractivity contribution in [2.24, 2.45) is 5.92 Å². The molecule has 1 heterocycles. The predicted molar refractivity (Wildman–Crippen MR) is 153 cm³/mol. The van der Waals surface area contributed by atoms with Gasteiger partial charge in [-0.1, -0.05) is 26.0 Å². The number of hydrogen-bond acceptors (Lipinski definition) is 7. The largest absolute Gasteiger partial charge is 0.497 e. The van der Waals surface area contributed by atoms with E-state index in [1.807, 2.05) is 13.8 Å². The summed E-state index contributed by atoms with van der Waals surface area (Å²) in [4.78, 5) is 52.0. The molecule has 2 aromatic carbocycles. The number of carbonyl (C=O) groups excluding carboxylic acids is 4. The Morgan fingerprint density at radius 1 is 1.05 bits per heavy atom. The second-order valence-corrected chi connectivity index (χ2v) is 10.1. The number of fused-ring (bicyclic) bond motifs is 1. The van der Waals surface area contributed by atoms with Crippen molar-refractivity contribution in [3.63, 3.8) is 0 Å². The molecule has 2 aromatic rings. The van der Waals surface area contributed by atoms with Crippen LogP contribution in [0.5, 0.6) is 17.2 Å². The number of ether oxygens (including phenoxy) is 3. The fourth-order valence-electron chi connectivity index (χ4n) is 4.26. The van der Waals surface area contributed by atoms with Crippen molar-refractivity contribution < 1.29 is 33.4 Å². The first-order valence-electron chi connectivity index (χ1n) is 13.9. The minimum Gasteiger partial charge on any atom is -0.497 e. The van der Waals surface area contributed by atoms with Gasteiger partial charge < -0.3 is 35.5 Å². The van der Waals surface area contributed by atoms with Crippen molar-refractivity contribution in [1.29, 1.82) is 0 Å². The van der Waals surface area contributed by atoms with E-state index in [2.05, 4.69) is 21.3 Å². The number of nitrogens with one attached hydrogen (secondary N) is 4. The first-order chi connectivity index (χ1) is 19.8. The zero-order chi connectivity index (χ0) is 29.6.